The van der Waals surface area contributed by atoms with Crippen LogP contribution in [0.4, 0.5) is 8.78 Å². The molecule has 0 aliphatic carbocycles. The van der Waals surface area contributed by atoms with Crippen LogP contribution in [0.5, 0.6) is 0 Å². The van der Waals surface area contributed by atoms with Crippen molar-refractivity contribution in [3.8, 4) is 0 Å². The van der Waals surface area contributed by atoms with E-state index in [9.17, 15) is 13.6 Å². The van der Waals surface area contributed by atoms with Gasteiger partial charge >= 0.3 is 0 Å². The number of carbonyl (C=O) groups is 1. The smallest absolute Gasteiger partial charge is 0.225 e. The molecule has 1 unspecified atom stereocenters. The highest BCUT2D eigenvalue weighted by molar-refractivity contribution is 5.81. The molecule has 0 bridgehead atoms. The lowest BCUT2D eigenvalue weighted by atomic mass is 9.93. The Bertz CT molecular complexity index is 366. The summed E-state index contributed by atoms with van der Waals surface area (Å²) in [5, 5.41) is 0. The number of hydrogen-bond acceptors (Lipinski definition) is 1. The molecule has 0 aliphatic rings. The molecular weight excluding hydrogens is 200 g/mol. The molecule has 0 fully saturated rings. The first kappa shape index (κ1) is 11.6. The first-order valence-corrected chi connectivity index (χ1v) is 4.81. The average Bonchev–Trinajstić information content (AvgIpc) is 2.19. The highest BCUT2D eigenvalue weighted by Crippen LogP contribution is 2.24. The van der Waals surface area contributed by atoms with Crippen LogP contribution in [0.3, 0.4) is 0 Å². The number of halogens is 2. The van der Waals surface area contributed by atoms with E-state index < -0.39 is 23.5 Å². The number of primary amides is 1. The Hall–Kier alpha value is -1.45. The summed E-state index contributed by atoms with van der Waals surface area (Å²) in [5.41, 5.74) is 5.19. The van der Waals surface area contributed by atoms with Gasteiger partial charge in [-0.25, -0.2) is 8.78 Å². The van der Waals surface area contributed by atoms with Gasteiger partial charge in [0.1, 0.15) is 0 Å². The largest absolute Gasteiger partial charge is 0.369 e. The zero-order chi connectivity index (χ0) is 11.4. The molecule has 1 aromatic carbocycles. The fraction of sp³-hybridized carbons (Fsp3) is 0.364. The Morgan fingerprint density at radius 2 is 2.13 bits per heavy atom. The van der Waals surface area contributed by atoms with Crippen molar-refractivity contribution in [3.05, 3.63) is 35.4 Å². The monoisotopic (exact) mass is 213 g/mol. The van der Waals surface area contributed by atoms with Gasteiger partial charge in [-0.1, -0.05) is 25.5 Å². The molecule has 0 spiro atoms. The van der Waals surface area contributed by atoms with Gasteiger partial charge in [-0.15, -0.1) is 0 Å². The fourth-order valence-corrected chi connectivity index (χ4v) is 1.53. The van der Waals surface area contributed by atoms with E-state index in [0.717, 1.165) is 6.07 Å². The minimum Gasteiger partial charge on any atom is -0.369 e. The van der Waals surface area contributed by atoms with Crippen LogP contribution in [0, 0.1) is 11.6 Å². The van der Waals surface area contributed by atoms with Gasteiger partial charge in [-0.05, 0) is 12.5 Å². The number of amides is 1. The van der Waals surface area contributed by atoms with Gasteiger partial charge < -0.3 is 5.73 Å². The number of hydrogen-bond donors (Lipinski definition) is 1. The molecule has 0 radical (unpaired) electrons. The molecule has 82 valence electrons. The second-order valence-electron chi connectivity index (χ2n) is 3.39. The van der Waals surface area contributed by atoms with Crippen molar-refractivity contribution < 1.29 is 13.6 Å². The van der Waals surface area contributed by atoms with Gasteiger partial charge in [0, 0.05) is 5.56 Å². The summed E-state index contributed by atoms with van der Waals surface area (Å²) in [6.07, 6.45) is 1.11. The molecule has 0 aromatic heterocycles. The molecule has 4 heteroatoms. The lowest BCUT2D eigenvalue weighted by Crippen LogP contribution is -2.22. The first-order valence-electron chi connectivity index (χ1n) is 4.81. The van der Waals surface area contributed by atoms with E-state index in [0.29, 0.717) is 12.8 Å². The van der Waals surface area contributed by atoms with Crippen LogP contribution < -0.4 is 5.73 Å². The molecule has 15 heavy (non-hydrogen) atoms. The van der Waals surface area contributed by atoms with E-state index in [1.807, 2.05) is 6.92 Å². The summed E-state index contributed by atoms with van der Waals surface area (Å²) in [6, 6.07) is 3.78. The van der Waals surface area contributed by atoms with Crippen LogP contribution in [-0.4, -0.2) is 5.91 Å². The third-order valence-electron chi connectivity index (χ3n) is 2.28. The van der Waals surface area contributed by atoms with Gasteiger partial charge in [0.05, 0.1) is 5.92 Å². The molecule has 1 rings (SSSR count). The maximum absolute atomic E-state index is 13.4. The summed E-state index contributed by atoms with van der Waals surface area (Å²) in [6.45, 7) is 1.85. The maximum Gasteiger partial charge on any atom is 0.225 e. The van der Waals surface area contributed by atoms with E-state index in [1.54, 1.807) is 0 Å². The summed E-state index contributed by atoms with van der Waals surface area (Å²) in [5.74, 6) is -3.29. The van der Waals surface area contributed by atoms with Crippen molar-refractivity contribution in [2.24, 2.45) is 5.73 Å². The molecule has 1 atom stereocenters. The minimum absolute atomic E-state index is 0.0457. The Morgan fingerprint density at radius 1 is 1.47 bits per heavy atom. The lowest BCUT2D eigenvalue weighted by molar-refractivity contribution is -0.119. The number of nitrogens with two attached hydrogens (primary N) is 1. The van der Waals surface area contributed by atoms with Crippen molar-refractivity contribution in [3.63, 3.8) is 0 Å². The standard InChI is InChI=1S/C11H13F2NO/c1-2-4-8(11(14)15)7-5-3-6-9(12)10(7)13/h3,5-6,8H,2,4H2,1H3,(H2,14,15). The van der Waals surface area contributed by atoms with Gasteiger partial charge in [0.25, 0.3) is 0 Å². The van der Waals surface area contributed by atoms with Crippen LogP contribution in [0.25, 0.3) is 0 Å². The second kappa shape index (κ2) is 4.87. The Kier molecular flexibility index (Phi) is 3.77. The molecule has 1 amide bonds. The summed E-state index contributed by atoms with van der Waals surface area (Å²) in [4.78, 5) is 11.1. The number of rotatable bonds is 4. The first-order chi connectivity index (χ1) is 7.07. The van der Waals surface area contributed by atoms with Crippen LogP contribution in [-0.2, 0) is 4.79 Å². The van der Waals surface area contributed by atoms with Crippen molar-refractivity contribution in [1.82, 2.24) is 0 Å². The van der Waals surface area contributed by atoms with E-state index in [-0.39, 0.29) is 5.56 Å². The molecule has 0 aliphatic heterocycles. The third-order valence-corrected chi connectivity index (χ3v) is 2.28. The van der Waals surface area contributed by atoms with Crippen LogP contribution in [0.2, 0.25) is 0 Å². The summed E-state index contributed by atoms with van der Waals surface area (Å²) < 4.78 is 26.3. The van der Waals surface area contributed by atoms with Crippen LogP contribution in [0.15, 0.2) is 18.2 Å². The van der Waals surface area contributed by atoms with E-state index in [4.69, 9.17) is 5.73 Å². The minimum atomic E-state index is -0.977. The highest BCUT2D eigenvalue weighted by Gasteiger charge is 2.21. The summed E-state index contributed by atoms with van der Waals surface area (Å²) in [7, 11) is 0. The molecule has 0 saturated heterocycles. The van der Waals surface area contributed by atoms with E-state index in [1.165, 1.54) is 12.1 Å². The SMILES string of the molecule is CCCC(C(N)=O)c1cccc(F)c1F. The van der Waals surface area contributed by atoms with Crippen LogP contribution in [0.1, 0.15) is 31.2 Å². The van der Waals surface area contributed by atoms with Crippen molar-refractivity contribution in [1.29, 1.82) is 0 Å². The van der Waals surface area contributed by atoms with Gasteiger partial charge in [0.2, 0.25) is 5.91 Å². The lowest BCUT2D eigenvalue weighted by Gasteiger charge is -2.13. The van der Waals surface area contributed by atoms with Gasteiger partial charge in [0.15, 0.2) is 11.6 Å². The molecule has 0 saturated carbocycles. The predicted octanol–water partition coefficient (Wildman–Crippen LogP) is 2.33. The maximum atomic E-state index is 13.4. The van der Waals surface area contributed by atoms with Crippen molar-refractivity contribution >= 4 is 5.91 Å². The van der Waals surface area contributed by atoms with Crippen LogP contribution >= 0.6 is 0 Å². The number of carbonyl (C=O) groups excluding carboxylic acids is 1. The van der Waals surface area contributed by atoms with Crippen molar-refractivity contribution in [2.45, 2.75) is 25.7 Å². The second-order valence-corrected chi connectivity index (χ2v) is 3.39. The quantitative estimate of drug-likeness (QED) is 0.819. The summed E-state index contributed by atoms with van der Waals surface area (Å²) >= 11 is 0. The molecule has 1 aromatic rings. The van der Waals surface area contributed by atoms with E-state index >= 15 is 0 Å². The topological polar surface area (TPSA) is 43.1 Å². The molecule has 2 N–H and O–H groups in total. The Morgan fingerprint density at radius 3 is 2.67 bits per heavy atom. The molecule has 2 nitrogen and oxygen atoms in total. The predicted molar refractivity (Wildman–Crippen MR) is 53.2 cm³/mol. The zero-order valence-corrected chi connectivity index (χ0v) is 8.47. The normalized spacial score (nSPS) is 12.5. The van der Waals surface area contributed by atoms with Gasteiger partial charge in [-0.3, -0.25) is 4.79 Å². The molecule has 0 heterocycles. The van der Waals surface area contributed by atoms with Gasteiger partial charge in [-0.2, -0.15) is 0 Å². The Balaban J connectivity index is 3.11. The number of benzene rings is 1. The average molecular weight is 213 g/mol. The molecular formula is C11H13F2NO. The van der Waals surface area contributed by atoms with E-state index in [2.05, 4.69) is 0 Å². The Labute approximate surface area is 87.1 Å². The third kappa shape index (κ3) is 2.52. The van der Waals surface area contributed by atoms with Crippen molar-refractivity contribution in [2.75, 3.05) is 0 Å². The highest BCUT2D eigenvalue weighted by atomic mass is 19.2. The zero-order valence-electron chi connectivity index (χ0n) is 8.47. The fourth-order valence-electron chi connectivity index (χ4n) is 1.53.